The summed E-state index contributed by atoms with van der Waals surface area (Å²) in [6, 6.07) is 14.0. The lowest BCUT2D eigenvalue weighted by Crippen LogP contribution is -2.53. The zero-order valence-electron chi connectivity index (χ0n) is 26.3. The first kappa shape index (κ1) is 34.0. The summed E-state index contributed by atoms with van der Waals surface area (Å²) in [6.45, 7) is -0.158. The fourth-order valence-electron chi connectivity index (χ4n) is 8.24. The number of pyridine rings is 1. The predicted octanol–water partition coefficient (Wildman–Crippen LogP) is 5.39. The van der Waals surface area contributed by atoms with Crippen LogP contribution >= 0.6 is 23.2 Å². The average Bonchev–Trinajstić information content (AvgIpc) is 3.44. The number of rotatable bonds is 7. The van der Waals surface area contributed by atoms with Crippen molar-refractivity contribution in [2.75, 3.05) is 25.7 Å². The Bertz CT molecular complexity index is 1940. The number of aliphatic hydroxyl groups is 1. The number of fused-ring (bicyclic) bond motifs is 4. The first-order chi connectivity index (χ1) is 23.8. The number of carbonyl (C=O) groups excluding carboxylic acids is 4. The van der Waals surface area contributed by atoms with Crippen LogP contribution in [-0.2, 0) is 30.8 Å². The summed E-state index contributed by atoms with van der Waals surface area (Å²) in [4.78, 5) is 61.4. The second-order valence-electron chi connectivity index (χ2n) is 12.8. The van der Waals surface area contributed by atoms with E-state index in [1.165, 1.54) is 7.05 Å². The van der Waals surface area contributed by atoms with Gasteiger partial charge in [0.15, 0.2) is 5.82 Å². The van der Waals surface area contributed by atoms with Crippen LogP contribution in [0.15, 0.2) is 72.4 Å². The summed E-state index contributed by atoms with van der Waals surface area (Å²) in [7, 11) is 1.43. The number of aromatic nitrogens is 1. The van der Waals surface area contributed by atoms with Gasteiger partial charge >= 0.3 is 6.18 Å². The van der Waals surface area contributed by atoms with Crippen molar-refractivity contribution in [2.45, 2.75) is 30.4 Å². The van der Waals surface area contributed by atoms with Crippen molar-refractivity contribution >= 4 is 52.6 Å². The number of hydrogen-bond donors (Lipinski definition) is 2. The molecule has 2 saturated heterocycles. The fourth-order valence-corrected chi connectivity index (χ4v) is 8.57. The minimum atomic E-state index is -4.73. The van der Waals surface area contributed by atoms with E-state index >= 15 is 4.79 Å². The normalized spacial score (nSPS) is 27.6. The molecule has 2 aliphatic heterocycles. The number of nitrogens with zero attached hydrogens (tertiary/aromatic N) is 3. The van der Waals surface area contributed by atoms with E-state index in [0.29, 0.717) is 39.7 Å². The molecule has 3 heterocycles. The molecular formula is C35H29Cl2F3N4O6. The lowest BCUT2D eigenvalue weighted by Gasteiger charge is -2.50. The molecule has 4 amide bonds. The molecule has 3 aromatic rings. The molecule has 15 heteroatoms. The second-order valence-corrected chi connectivity index (χ2v) is 13.6. The number of allylic oxidation sites excluding steroid dienone is 2. The minimum absolute atomic E-state index is 0.0214. The second kappa shape index (κ2) is 12.4. The van der Waals surface area contributed by atoms with Crippen molar-refractivity contribution in [3.05, 3.63) is 99.2 Å². The third-order valence-electron chi connectivity index (χ3n) is 10.4. The van der Waals surface area contributed by atoms with E-state index in [4.69, 9.17) is 27.9 Å². The third-order valence-corrected chi connectivity index (χ3v) is 10.9. The van der Waals surface area contributed by atoms with Crippen molar-refractivity contribution < 1.29 is 42.2 Å². The van der Waals surface area contributed by atoms with Crippen molar-refractivity contribution in [3.8, 4) is 5.75 Å². The summed E-state index contributed by atoms with van der Waals surface area (Å²) >= 11 is 12.5. The molecule has 3 fully saturated rings. The molecule has 2 N–H and O–H groups in total. The standard InChI is InChI=1S/C35H29Cl2F3N4O6/c1-43-30(46)23-11-10-22-24(27(23)32(43)48)15-25-31(47)44(42-29-26(37)14-19(16-41-29)35(38,39)40)33(49)34(25,18-4-6-20(36)7-5-18)28(22)17-2-8-21(9-3-17)50-13-12-45/h2-10,14,16,23-25,27-28,45H,11-13,15H2,1H3,(H,41,42)/t23-,24+,25-,27-,28-,34+/m0/s1. The smallest absolute Gasteiger partial charge is 0.417 e. The van der Waals surface area contributed by atoms with Gasteiger partial charge in [-0.05, 0) is 60.2 Å². The molecule has 1 saturated carbocycles. The number of likely N-dealkylation sites (tertiary alicyclic amines) is 1. The SMILES string of the molecule is CN1C(=O)[C@H]2[C@H](CC=C3[C@H]2C[C@H]2C(=O)N(Nc4ncc(C(F)(F)F)cc4Cl)C(=O)[C@@]2(c2ccc(Cl)cc2)[C@H]3c2ccc(OCCO)cc2)C1=O. The molecule has 260 valence electrons. The molecule has 1 aromatic heterocycles. The monoisotopic (exact) mass is 728 g/mol. The van der Waals surface area contributed by atoms with Gasteiger partial charge in [0, 0.05) is 24.2 Å². The summed E-state index contributed by atoms with van der Waals surface area (Å²) in [5, 5.41) is 9.90. The Morgan fingerprint density at radius 1 is 1.00 bits per heavy atom. The van der Waals surface area contributed by atoms with E-state index in [0.717, 1.165) is 9.91 Å². The van der Waals surface area contributed by atoms with E-state index in [1.807, 2.05) is 6.08 Å². The van der Waals surface area contributed by atoms with E-state index in [2.05, 4.69) is 10.4 Å². The number of anilines is 1. The average molecular weight is 730 g/mol. The molecule has 50 heavy (non-hydrogen) atoms. The Balaban J connectivity index is 1.42. The Morgan fingerprint density at radius 3 is 2.34 bits per heavy atom. The van der Waals surface area contributed by atoms with Crippen LogP contribution in [0.2, 0.25) is 10.0 Å². The van der Waals surface area contributed by atoms with Gasteiger partial charge in [-0.3, -0.25) is 29.5 Å². The van der Waals surface area contributed by atoms with Gasteiger partial charge in [0.2, 0.25) is 11.8 Å². The number of hydrazine groups is 1. The highest BCUT2D eigenvalue weighted by atomic mass is 35.5. The summed E-state index contributed by atoms with van der Waals surface area (Å²) in [5.41, 5.74) is 1.61. The van der Waals surface area contributed by atoms with Crippen LogP contribution < -0.4 is 10.2 Å². The first-order valence-corrected chi connectivity index (χ1v) is 16.5. The number of benzene rings is 2. The number of aliphatic hydroxyl groups excluding tert-OH is 1. The van der Waals surface area contributed by atoms with Crippen molar-refractivity contribution in [3.63, 3.8) is 0 Å². The molecule has 0 spiro atoms. The van der Waals surface area contributed by atoms with E-state index < -0.39 is 63.6 Å². The van der Waals surface area contributed by atoms with Crippen LogP contribution in [-0.4, -0.2) is 63.9 Å². The minimum Gasteiger partial charge on any atom is -0.491 e. The fraction of sp³-hybridized carbons (Fsp3) is 0.343. The van der Waals surface area contributed by atoms with Crippen LogP contribution in [0.5, 0.6) is 5.75 Å². The quantitative estimate of drug-likeness (QED) is 0.245. The van der Waals surface area contributed by atoms with Gasteiger partial charge in [-0.25, -0.2) is 4.98 Å². The van der Waals surface area contributed by atoms with Gasteiger partial charge in [-0.2, -0.15) is 18.2 Å². The van der Waals surface area contributed by atoms with Crippen LogP contribution in [0, 0.1) is 23.7 Å². The number of imide groups is 2. The van der Waals surface area contributed by atoms with E-state index in [9.17, 15) is 32.7 Å². The number of amides is 4. The van der Waals surface area contributed by atoms with Crippen molar-refractivity contribution in [2.24, 2.45) is 23.7 Å². The van der Waals surface area contributed by atoms with Crippen molar-refractivity contribution in [1.82, 2.24) is 14.9 Å². The van der Waals surface area contributed by atoms with Crippen LogP contribution in [0.3, 0.4) is 0 Å². The lowest BCUT2D eigenvalue weighted by molar-refractivity contribution is -0.140. The predicted molar refractivity (Wildman–Crippen MR) is 174 cm³/mol. The van der Waals surface area contributed by atoms with Crippen molar-refractivity contribution in [1.29, 1.82) is 0 Å². The van der Waals surface area contributed by atoms with Gasteiger partial charge in [-0.1, -0.05) is 59.1 Å². The van der Waals surface area contributed by atoms with Gasteiger partial charge in [0.25, 0.3) is 11.8 Å². The topological polar surface area (TPSA) is 129 Å². The number of carbonyl (C=O) groups is 4. The Labute approximate surface area is 293 Å². The summed E-state index contributed by atoms with van der Waals surface area (Å²) in [6.07, 6.45) is -2.02. The molecule has 6 atom stereocenters. The molecular weight excluding hydrogens is 700 g/mol. The zero-order valence-corrected chi connectivity index (χ0v) is 27.8. The number of ether oxygens (including phenoxy) is 1. The number of alkyl halides is 3. The molecule has 2 aliphatic carbocycles. The van der Waals surface area contributed by atoms with Crippen LogP contribution in [0.1, 0.15) is 35.4 Å². The largest absolute Gasteiger partial charge is 0.491 e. The third kappa shape index (κ3) is 5.16. The Kier molecular flexibility index (Phi) is 8.43. The summed E-state index contributed by atoms with van der Waals surface area (Å²) < 4.78 is 45.7. The molecule has 0 radical (unpaired) electrons. The molecule has 7 rings (SSSR count). The Morgan fingerprint density at radius 2 is 1.70 bits per heavy atom. The highest BCUT2D eigenvalue weighted by molar-refractivity contribution is 6.33. The maximum Gasteiger partial charge on any atom is 0.417 e. The highest BCUT2D eigenvalue weighted by Gasteiger charge is 2.70. The van der Waals surface area contributed by atoms with Gasteiger partial charge < -0.3 is 9.84 Å². The maximum atomic E-state index is 15.1. The number of halogens is 5. The van der Waals surface area contributed by atoms with E-state index in [1.54, 1.807) is 48.5 Å². The molecule has 0 unspecified atom stereocenters. The summed E-state index contributed by atoms with van der Waals surface area (Å²) in [5.74, 6) is -5.95. The zero-order chi connectivity index (χ0) is 35.7. The van der Waals surface area contributed by atoms with Crippen LogP contribution in [0.4, 0.5) is 19.0 Å². The van der Waals surface area contributed by atoms with E-state index in [-0.39, 0.29) is 43.7 Å². The molecule has 0 bridgehead atoms. The van der Waals surface area contributed by atoms with Gasteiger partial charge in [-0.15, -0.1) is 0 Å². The first-order valence-electron chi connectivity index (χ1n) is 15.8. The highest BCUT2D eigenvalue weighted by Crippen LogP contribution is 2.64. The molecule has 2 aromatic carbocycles. The Hall–Kier alpha value is -4.46. The molecule has 4 aliphatic rings. The maximum absolute atomic E-state index is 15.1. The van der Waals surface area contributed by atoms with Gasteiger partial charge in [0.1, 0.15) is 12.4 Å². The van der Waals surface area contributed by atoms with Gasteiger partial charge in [0.05, 0.1) is 40.4 Å². The molecule has 10 nitrogen and oxygen atoms in total. The van der Waals surface area contributed by atoms with Crippen LogP contribution in [0.25, 0.3) is 0 Å². The number of hydrogen-bond acceptors (Lipinski definition) is 8. The lowest BCUT2D eigenvalue weighted by atomic mass is 9.49. The number of nitrogens with one attached hydrogen (secondary N) is 1.